The van der Waals surface area contributed by atoms with E-state index in [1.807, 2.05) is 12.1 Å². The van der Waals surface area contributed by atoms with E-state index >= 15 is 0 Å². The molecule has 0 aliphatic heterocycles. The van der Waals surface area contributed by atoms with Gasteiger partial charge in [-0.15, -0.1) is 11.3 Å². The van der Waals surface area contributed by atoms with Crippen LogP contribution >= 0.6 is 11.3 Å². The van der Waals surface area contributed by atoms with Crippen LogP contribution in [0.2, 0.25) is 0 Å². The van der Waals surface area contributed by atoms with E-state index in [1.165, 1.54) is 21.0 Å². The first-order valence-electron chi connectivity index (χ1n) is 6.69. The number of thiophene rings is 1. The SMILES string of the molecule is CC(NCc1ccccc1F)c1cc2ccccc2s1. The van der Waals surface area contributed by atoms with E-state index in [9.17, 15) is 4.39 Å². The lowest BCUT2D eigenvalue weighted by Crippen LogP contribution is -2.17. The van der Waals surface area contributed by atoms with Gasteiger partial charge in [-0.05, 0) is 30.5 Å². The van der Waals surface area contributed by atoms with E-state index in [0.717, 1.165) is 0 Å². The fourth-order valence-electron chi connectivity index (χ4n) is 2.22. The van der Waals surface area contributed by atoms with E-state index in [2.05, 4.69) is 42.6 Å². The number of benzene rings is 2. The molecule has 1 heterocycles. The molecule has 0 saturated carbocycles. The van der Waals surface area contributed by atoms with Crippen LogP contribution in [0.1, 0.15) is 23.4 Å². The summed E-state index contributed by atoms with van der Waals surface area (Å²) in [7, 11) is 0. The minimum atomic E-state index is -0.149. The Morgan fingerprint density at radius 2 is 1.85 bits per heavy atom. The van der Waals surface area contributed by atoms with Crippen LogP contribution < -0.4 is 5.32 Å². The third-order valence-corrected chi connectivity index (χ3v) is 4.73. The molecule has 1 aromatic heterocycles. The predicted octanol–water partition coefficient (Wildman–Crippen LogP) is 4.89. The summed E-state index contributed by atoms with van der Waals surface area (Å²) < 4.78 is 14.9. The van der Waals surface area contributed by atoms with Crippen LogP contribution in [-0.2, 0) is 6.54 Å². The number of halogens is 1. The summed E-state index contributed by atoms with van der Waals surface area (Å²) in [4.78, 5) is 1.28. The van der Waals surface area contributed by atoms with Crippen LogP contribution in [0.5, 0.6) is 0 Å². The maximum absolute atomic E-state index is 13.6. The monoisotopic (exact) mass is 285 g/mol. The second-order valence-electron chi connectivity index (χ2n) is 4.88. The van der Waals surface area contributed by atoms with Crippen molar-refractivity contribution in [1.29, 1.82) is 0 Å². The first-order valence-corrected chi connectivity index (χ1v) is 7.51. The van der Waals surface area contributed by atoms with Crippen molar-refractivity contribution in [3.63, 3.8) is 0 Å². The molecule has 0 amide bonds. The fourth-order valence-corrected chi connectivity index (χ4v) is 3.31. The van der Waals surface area contributed by atoms with Gasteiger partial charge < -0.3 is 5.32 Å². The quantitative estimate of drug-likeness (QED) is 0.719. The Labute approximate surface area is 122 Å². The van der Waals surface area contributed by atoms with Gasteiger partial charge in [-0.25, -0.2) is 4.39 Å². The summed E-state index contributed by atoms with van der Waals surface area (Å²) in [5.41, 5.74) is 0.709. The van der Waals surface area contributed by atoms with Crippen LogP contribution in [0.15, 0.2) is 54.6 Å². The summed E-state index contributed by atoms with van der Waals surface area (Å²) in [6, 6.07) is 17.7. The lowest BCUT2D eigenvalue weighted by Gasteiger charge is -2.12. The Hall–Kier alpha value is -1.71. The van der Waals surface area contributed by atoms with Crippen molar-refractivity contribution in [1.82, 2.24) is 5.32 Å². The number of fused-ring (bicyclic) bond motifs is 1. The molecule has 1 N–H and O–H groups in total. The largest absolute Gasteiger partial charge is 0.305 e. The Morgan fingerprint density at radius 1 is 1.10 bits per heavy atom. The van der Waals surface area contributed by atoms with Gasteiger partial charge in [0.2, 0.25) is 0 Å². The summed E-state index contributed by atoms with van der Waals surface area (Å²) in [5.74, 6) is -0.149. The second kappa shape index (κ2) is 5.73. The minimum Gasteiger partial charge on any atom is -0.305 e. The third-order valence-electron chi connectivity index (χ3n) is 3.43. The van der Waals surface area contributed by atoms with Gasteiger partial charge in [-0.2, -0.15) is 0 Å². The summed E-state index contributed by atoms with van der Waals surface area (Å²) >= 11 is 1.79. The first kappa shape index (κ1) is 13.3. The van der Waals surface area contributed by atoms with E-state index in [-0.39, 0.29) is 11.9 Å². The number of hydrogen-bond acceptors (Lipinski definition) is 2. The molecule has 0 fully saturated rings. The molecule has 1 unspecified atom stereocenters. The summed E-state index contributed by atoms with van der Waals surface area (Å²) in [6.45, 7) is 2.66. The molecule has 0 radical (unpaired) electrons. The average molecular weight is 285 g/mol. The van der Waals surface area contributed by atoms with Crippen molar-refractivity contribution in [2.45, 2.75) is 19.5 Å². The Bertz CT molecular complexity index is 687. The molecule has 0 aliphatic rings. The summed E-state index contributed by atoms with van der Waals surface area (Å²) in [5, 5.41) is 4.66. The second-order valence-corrected chi connectivity index (χ2v) is 6.00. The van der Waals surface area contributed by atoms with Crippen LogP contribution in [0.3, 0.4) is 0 Å². The molecular formula is C17H16FNS. The van der Waals surface area contributed by atoms with Crippen LogP contribution in [0, 0.1) is 5.82 Å². The molecule has 3 aromatic rings. The zero-order valence-corrected chi connectivity index (χ0v) is 12.1. The van der Waals surface area contributed by atoms with Gasteiger partial charge in [-0.3, -0.25) is 0 Å². The minimum absolute atomic E-state index is 0.149. The fraction of sp³-hybridized carbons (Fsp3) is 0.176. The molecule has 0 bridgehead atoms. The predicted molar refractivity (Wildman–Crippen MR) is 83.5 cm³/mol. The lowest BCUT2D eigenvalue weighted by molar-refractivity contribution is 0.549. The van der Waals surface area contributed by atoms with Gasteiger partial charge >= 0.3 is 0 Å². The van der Waals surface area contributed by atoms with Crippen molar-refractivity contribution >= 4 is 21.4 Å². The van der Waals surface area contributed by atoms with Crippen LogP contribution in [0.4, 0.5) is 4.39 Å². The van der Waals surface area contributed by atoms with Gasteiger partial charge in [0, 0.05) is 27.7 Å². The van der Waals surface area contributed by atoms with Crippen LogP contribution in [-0.4, -0.2) is 0 Å². The number of hydrogen-bond donors (Lipinski definition) is 1. The molecule has 3 heteroatoms. The van der Waals surface area contributed by atoms with Crippen molar-refractivity contribution in [2.75, 3.05) is 0 Å². The summed E-state index contributed by atoms with van der Waals surface area (Å²) in [6.07, 6.45) is 0. The normalized spacial score (nSPS) is 12.7. The standard InChI is InChI=1S/C17H16FNS/c1-12(19-11-14-7-2-4-8-15(14)18)17-10-13-6-3-5-9-16(13)20-17/h2-10,12,19H,11H2,1H3. The highest BCUT2D eigenvalue weighted by Gasteiger charge is 2.10. The third kappa shape index (κ3) is 2.74. The first-order chi connectivity index (χ1) is 9.74. The topological polar surface area (TPSA) is 12.0 Å². The van der Waals surface area contributed by atoms with E-state index in [0.29, 0.717) is 12.1 Å². The van der Waals surface area contributed by atoms with Crippen LogP contribution in [0.25, 0.3) is 10.1 Å². The zero-order chi connectivity index (χ0) is 13.9. The molecule has 0 saturated heterocycles. The molecular weight excluding hydrogens is 269 g/mol. The van der Waals surface area contributed by atoms with Crippen molar-refractivity contribution < 1.29 is 4.39 Å². The maximum Gasteiger partial charge on any atom is 0.127 e. The smallest absolute Gasteiger partial charge is 0.127 e. The zero-order valence-electron chi connectivity index (χ0n) is 11.3. The molecule has 3 rings (SSSR count). The highest BCUT2D eigenvalue weighted by molar-refractivity contribution is 7.19. The molecule has 2 aromatic carbocycles. The Balaban J connectivity index is 1.73. The van der Waals surface area contributed by atoms with Crippen molar-refractivity contribution in [3.8, 4) is 0 Å². The van der Waals surface area contributed by atoms with E-state index in [4.69, 9.17) is 0 Å². The highest BCUT2D eigenvalue weighted by Crippen LogP contribution is 2.29. The van der Waals surface area contributed by atoms with Gasteiger partial charge in [0.1, 0.15) is 5.82 Å². The van der Waals surface area contributed by atoms with Gasteiger partial charge in [0.25, 0.3) is 0 Å². The Morgan fingerprint density at radius 3 is 2.65 bits per heavy atom. The molecule has 0 aliphatic carbocycles. The Kier molecular flexibility index (Phi) is 3.81. The van der Waals surface area contributed by atoms with E-state index in [1.54, 1.807) is 17.4 Å². The average Bonchev–Trinajstić information content (AvgIpc) is 2.90. The van der Waals surface area contributed by atoms with Crippen molar-refractivity contribution in [2.24, 2.45) is 0 Å². The molecule has 0 spiro atoms. The molecule has 1 atom stereocenters. The highest BCUT2D eigenvalue weighted by atomic mass is 32.1. The lowest BCUT2D eigenvalue weighted by atomic mass is 10.2. The molecule has 20 heavy (non-hydrogen) atoms. The van der Waals surface area contributed by atoms with E-state index < -0.39 is 0 Å². The number of nitrogens with one attached hydrogen (secondary N) is 1. The van der Waals surface area contributed by atoms with Gasteiger partial charge in [0.15, 0.2) is 0 Å². The van der Waals surface area contributed by atoms with Gasteiger partial charge in [-0.1, -0.05) is 36.4 Å². The van der Waals surface area contributed by atoms with Crippen molar-refractivity contribution in [3.05, 3.63) is 70.9 Å². The molecule has 1 nitrogen and oxygen atoms in total. The molecule has 102 valence electrons. The van der Waals surface area contributed by atoms with Gasteiger partial charge in [0.05, 0.1) is 0 Å². The number of rotatable bonds is 4. The maximum atomic E-state index is 13.6.